The van der Waals surface area contributed by atoms with Crippen molar-refractivity contribution < 1.29 is 37.3 Å². The van der Waals surface area contributed by atoms with Crippen molar-refractivity contribution in [3.8, 4) is 0 Å². The molecule has 0 saturated carbocycles. The summed E-state index contributed by atoms with van der Waals surface area (Å²) in [6, 6.07) is 0. The van der Waals surface area contributed by atoms with Gasteiger partial charge in [0.1, 0.15) is 0 Å². The molecule has 0 saturated heterocycles. The van der Waals surface area contributed by atoms with Gasteiger partial charge in [-0.2, -0.15) is 8.42 Å². The van der Waals surface area contributed by atoms with Crippen LogP contribution in [0.3, 0.4) is 0 Å². The molecule has 178 valence electrons. The number of hydrogen-bond acceptors (Lipinski definition) is 3. The quantitative estimate of drug-likeness (QED) is 0.117. The van der Waals surface area contributed by atoms with Crippen LogP contribution in [0.25, 0.3) is 0 Å². The maximum Gasteiger partial charge on any atom is 1.00 e. The number of alkyl halides is 1. The second kappa shape index (κ2) is 24.1. The van der Waals surface area contributed by atoms with E-state index in [9.17, 15) is 12.8 Å². The molecule has 6 heteroatoms. The molecule has 0 radical (unpaired) electrons. The van der Waals surface area contributed by atoms with E-state index >= 15 is 0 Å². The molecule has 0 spiro atoms. The van der Waals surface area contributed by atoms with Gasteiger partial charge >= 0.3 is 18.9 Å². The van der Waals surface area contributed by atoms with Gasteiger partial charge in [0.05, 0.1) is 6.61 Å². The molecule has 0 aliphatic carbocycles. The summed E-state index contributed by atoms with van der Waals surface area (Å²) in [7, 11) is -4.04. The maximum atomic E-state index is 13.9. The fourth-order valence-electron chi connectivity index (χ4n) is 3.60. The minimum absolute atomic E-state index is 0. The summed E-state index contributed by atoms with van der Waals surface area (Å²) in [6.45, 7) is 4.54. The maximum absolute atomic E-state index is 13.9. The van der Waals surface area contributed by atoms with Crippen LogP contribution in [-0.2, 0) is 14.3 Å². The first-order valence-corrected chi connectivity index (χ1v) is 14.0. The van der Waals surface area contributed by atoms with E-state index in [1.54, 1.807) is 0 Å². The van der Waals surface area contributed by atoms with Crippen LogP contribution in [0.4, 0.5) is 4.39 Å². The summed E-state index contributed by atoms with van der Waals surface area (Å²) < 4.78 is 42.5. The topological polar surface area (TPSA) is 43.4 Å². The van der Waals surface area contributed by atoms with Crippen LogP contribution in [0.1, 0.15) is 144 Å². The Hall–Kier alpha value is 0.437. The minimum Gasteiger partial charge on any atom is -1.00 e. The molecule has 0 aromatic heterocycles. The number of rotatable bonds is 23. The molecule has 30 heavy (non-hydrogen) atoms. The second-order valence-corrected chi connectivity index (χ2v) is 10.3. The van der Waals surface area contributed by atoms with E-state index < -0.39 is 15.6 Å². The van der Waals surface area contributed by atoms with E-state index in [2.05, 4.69) is 13.8 Å². The van der Waals surface area contributed by atoms with Crippen molar-refractivity contribution in [3.05, 3.63) is 0 Å². The summed E-state index contributed by atoms with van der Waals surface area (Å²) in [5.41, 5.74) is -1.87. The third-order valence-corrected chi connectivity index (χ3v) is 6.95. The van der Waals surface area contributed by atoms with Gasteiger partial charge in [0, 0.05) is 0 Å². The molecule has 0 N–H and O–H groups in total. The monoisotopic (exact) mass is 444 g/mol. The average Bonchev–Trinajstić information content (AvgIpc) is 2.70. The molecule has 0 aliphatic heterocycles. The van der Waals surface area contributed by atoms with Gasteiger partial charge in [-0.3, -0.25) is 4.18 Å². The first-order chi connectivity index (χ1) is 14.0. The molecule has 0 fully saturated rings. The zero-order valence-electron chi connectivity index (χ0n) is 21.4. The standard InChI is InChI=1S/C24H49FO3S.Li.H/c1-3-5-7-9-11-12-13-14-15-17-19-21-23-28-29(26,27)24(25)22-20-18-16-10-8-6-4-2;;/h24H,3-23H2,1-2H3;;/q;+1;-1. The normalized spacial score (nSPS) is 12.6. The molecule has 1 atom stereocenters. The molecule has 0 bridgehead atoms. The van der Waals surface area contributed by atoms with Crippen LogP contribution < -0.4 is 18.9 Å². The van der Waals surface area contributed by atoms with Crippen molar-refractivity contribution in [3.63, 3.8) is 0 Å². The second-order valence-electron chi connectivity index (χ2n) is 8.52. The van der Waals surface area contributed by atoms with E-state index in [4.69, 9.17) is 4.18 Å². The Morgan fingerprint density at radius 2 is 0.967 bits per heavy atom. The van der Waals surface area contributed by atoms with E-state index in [1.165, 1.54) is 77.0 Å². The Balaban J connectivity index is -0.00000392. The fraction of sp³-hybridized carbons (Fsp3) is 1.00. The summed E-state index contributed by atoms with van der Waals surface area (Å²) in [5.74, 6) is 0. The van der Waals surface area contributed by atoms with Crippen molar-refractivity contribution >= 4 is 10.1 Å². The van der Waals surface area contributed by atoms with Crippen molar-refractivity contribution in [1.82, 2.24) is 0 Å². The Morgan fingerprint density at radius 1 is 0.633 bits per heavy atom. The molecule has 0 aromatic rings. The van der Waals surface area contributed by atoms with E-state index in [0.29, 0.717) is 12.8 Å². The van der Waals surface area contributed by atoms with Crippen LogP contribution in [0.5, 0.6) is 0 Å². The molecule has 1 unspecified atom stereocenters. The van der Waals surface area contributed by atoms with Gasteiger partial charge < -0.3 is 1.43 Å². The average molecular weight is 445 g/mol. The number of hydrogen-bond donors (Lipinski definition) is 0. The number of halogens is 1. The summed E-state index contributed by atoms with van der Waals surface area (Å²) in [4.78, 5) is 0. The molecular weight excluding hydrogens is 394 g/mol. The predicted octanol–water partition coefficient (Wildman–Crippen LogP) is 5.59. The van der Waals surface area contributed by atoms with Gasteiger partial charge in [0.15, 0.2) is 0 Å². The summed E-state index contributed by atoms with van der Waals surface area (Å²) in [5, 5.41) is 0. The van der Waals surface area contributed by atoms with E-state index in [1.807, 2.05) is 0 Å². The third kappa shape index (κ3) is 21.7. The zero-order valence-corrected chi connectivity index (χ0v) is 21.3. The van der Waals surface area contributed by atoms with Crippen LogP contribution in [0.2, 0.25) is 0 Å². The van der Waals surface area contributed by atoms with Gasteiger partial charge in [-0.05, 0) is 19.3 Å². The first-order valence-electron chi connectivity index (χ1n) is 12.6. The molecule has 0 amide bonds. The van der Waals surface area contributed by atoms with Crippen LogP contribution in [0.15, 0.2) is 0 Å². The molecule has 0 aromatic carbocycles. The van der Waals surface area contributed by atoms with Crippen molar-refractivity contribution in [2.45, 2.75) is 148 Å². The van der Waals surface area contributed by atoms with Gasteiger partial charge in [-0.25, -0.2) is 4.39 Å². The summed E-state index contributed by atoms with van der Waals surface area (Å²) >= 11 is 0. The molecule has 0 heterocycles. The molecule has 0 aliphatic rings. The zero-order chi connectivity index (χ0) is 21.6. The Labute approximate surface area is 201 Å². The number of unbranched alkanes of at least 4 members (excludes halogenated alkanes) is 17. The largest absolute Gasteiger partial charge is 1.00 e. The minimum atomic E-state index is -4.04. The van der Waals surface area contributed by atoms with E-state index in [0.717, 1.165) is 32.1 Å². The van der Waals surface area contributed by atoms with Gasteiger partial charge in [0.2, 0.25) is 5.50 Å². The van der Waals surface area contributed by atoms with Crippen LogP contribution in [-0.4, -0.2) is 20.5 Å². The van der Waals surface area contributed by atoms with Crippen LogP contribution in [0, 0.1) is 0 Å². The van der Waals surface area contributed by atoms with Crippen molar-refractivity contribution in [2.75, 3.05) is 6.61 Å². The van der Waals surface area contributed by atoms with Crippen molar-refractivity contribution in [1.29, 1.82) is 0 Å². The van der Waals surface area contributed by atoms with Gasteiger partial charge in [-0.1, -0.05) is 123 Å². The SMILES string of the molecule is CCCCCCCCCCCCCCOS(=O)(=O)C(F)CCCCCCCCC.[H-].[Li+]. The Morgan fingerprint density at radius 3 is 1.37 bits per heavy atom. The smallest absolute Gasteiger partial charge is 1.00 e. The van der Waals surface area contributed by atoms with E-state index in [-0.39, 0.29) is 33.3 Å². The van der Waals surface area contributed by atoms with Crippen LogP contribution >= 0.6 is 0 Å². The summed E-state index contributed by atoms with van der Waals surface area (Å²) in [6.07, 6.45) is 22.1. The Kier molecular flexibility index (Phi) is 26.2. The molecule has 3 nitrogen and oxygen atoms in total. The first kappa shape index (κ1) is 32.6. The third-order valence-electron chi connectivity index (χ3n) is 5.59. The Bertz CT molecular complexity index is 439. The van der Waals surface area contributed by atoms with Gasteiger partial charge in [0.25, 0.3) is 10.1 Å². The fourth-order valence-corrected chi connectivity index (χ4v) is 4.55. The van der Waals surface area contributed by atoms with Crippen molar-refractivity contribution in [2.24, 2.45) is 0 Å². The molecular formula is C24H50FLiO3S. The predicted molar refractivity (Wildman–Crippen MR) is 125 cm³/mol. The van der Waals surface area contributed by atoms with Gasteiger partial charge in [-0.15, -0.1) is 0 Å². The molecule has 0 rings (SSSR count).